The molecular weight excluding hydrogens is 505 g/mol. The van der Waals surface area contributed by atoms with Crippen LogP contribution < -0.4 is 10.6 Å². The summed E-state index contributed by atoms with van der Waals surface area (Å²) in [6.07, 6.45) is 2.14. The van der Waals surface area contributed by atoms with Crippen molar-refractivity contribution in [2.75, 3.05) is 13.1 Å². The fourth-order valence-electron chi connectivity index (χ4n) is 2.61. The minimum Gasteiger partial charge on any atom is -0.357 e. The van der Waals surface area contributed by atoms with Crippen LogP contribution in [0, 0.1) is 11.6 Å². The molecule has 1 unspecified atom stereocenters. The van der Waals surface area contributed by atoms with Crippen LogP contribution in [0.2, 0.25) is 0 Å². The zero-order valence-corrected chi connectivity index (χ0v) is 18.9. The van der Waals surface area contributed by atoms with Crippen LogP contribution >= 0.6 is 24.0 Å². The molecule has 0 fully saturated rings. The largest absolute Gasteiger partial charge is 0.357 e. The number of rotatable bonds is 7. The molecule has 2 N–H and O–H groups in total. The van der Waals surface area contributed by atoms with Crippen molar-refractivity contribution in [2.45, 2.75) is 26.3 Å². The standard InChI is InChI=1S/C20H22F2N6O.HI/c1-3-23-20(26-13(2)14-7-8-15(21)16(22)12-14)25-11-9-18-27-19(29-28-18)17-6-4-5-10-24-17;/h4-8,10,12-13H,3,9,11H2,1-2H3,(H2,23,25,26);1H. The molecule has 3 rings (SSSR count). The summed E-state index contributed by atoms with van der Waals surface area (Å²) in [7, 11) is 0. The quantitative estimate of drug-likeness (QED) is 0.275. The van der Waals surface area contributed by atoms with Crippen LogP contribution in [0.15, 0.2) is 52.1 Å². The van der Waals surface area contributed by atoms with Gasteiger partial charge in [-0.2, -0.15) is 4.98 Å². The van der Waals surface area contributed by atoms with Gasteiger partial charge in [0, 0.05) is 25.7 Å². The van der Waals surface area contributed by atoms with E-state index in [0.29, 0.717) is 48.4 Å². The third-order valence-electron chi connectivity index (χ3n) is 4.10. The molecule has 0 spiro atoms. The summed E-state index contributed by atoms with van der Waals surface area (Å²) >= 11 is 0. The number of nitrogens with zero attached hydrogens (tertiary/aromatic N) is 4. The lowest BCUT2D eigenvalue weighted by atomic mass is 10.1. The second-order valence-electron chi connectivity index (χ2n) is 6.28. The molecule has 0 bridgehead atoms. The zero-order chi connectivity index (χ0) is 20.6. The van der Waals surface area contributed by atoms with Gasteiger partial charge >= 0.3 is 0 Å². The maximum atomic E-state index is 13.5. The molecule has 2 aromatic heterocycles. The van der Waals surface area contributed by atoms with Crippen LogP contribution in [0.5, 0.6) is 0 Å². The predicted molar refractivity (Wildman–Crippen MR) is 121 cm³/mol. The number of halogens is 3. The molecular formula is C20H23F2IN6O. The fraction of sp³-hybridized carbons (Fsp3) is 0.300. The molecule has 0 aliphatic carbocycles. The van der Waals surface area contributed by atoms with Gasteiger partial charge in [0.15, 0.2) is 23.4 Å². The van der Waals surface area contributed by atoms with Gasteiger partial charge in [0.1, 0.15) is 5.69 Å². The summed E-state index contributed by atoms with van der Waals surface area (Å²) in [5.41, 5.74) is 1.23. The Morgan fingerprint density at radius 2 is 2.03 bits per heavy atom. The molecule has 10 heteroatoms. The van der Waals surface area contributed by atoms with Crippen molar-refractivity contribution in [2.24, 2.45) is 4.99 Å². The van der Waals surface area contributed by atoms with E-state index in [1.54, 1.807) is 12.3 Å². The molecule has 7 nitrogen and oxygen atoms in total. The molecule has 0 amide bonds. The maximum absolute atomic E-state index is 13.5. The average molecular weight is 528 g/mol. The van der Waals surface area contributed by atoms with Crippen molar-refractivity contribution < 1.29 is 13.3 Å². The number of hydrogen-bond donors (Lipinski definition) is 2. The third-order valence-corrected chi connectivity index (χ3v) is 4.10. The summed E-state index contributed by atoms with van der Waals surface area (Å²) in [6, 6.07) is 9.02. The van der Waals surface area contributed by atoms with Crippen molar-refractivity contribution in [3.8, 4) is 11.6 Å². The van der Waals surface area contributed by atoms with Crippen LogP contribution in [0.4, 0.5) is 8.78 Å². The van der Waals surface area contributed by atoms with E-state index < -0.39 is 11.6 Å². The maximum Gasteiger partial charge on any atom is 0.276 e. The van der Waals surface area contributed by atoms with Crippen LogP contribution in [0.1, 0.15) is 31.3 Å². The van der Waals surface area contributed by atoms with Crippen molar-refractivity contribution in [1.82, 2.24) is 25.8 Å². The number of guanidine groups is 1. The highest BCUT2D eigenvalue weighted by molar-refractivity contribution is 14.0. The topological polar surface area (TPSA) is 88.2 Å². The Balaban J connectivity index is 0.00000320. The molecule has 3 aromatic rings. The summed E-state index contributed by atoms with van der Waals surface area (Å²) in [4.78, 5) is 13.0. The first-order valence-corrected chi connectivity index (χ1v) is 9.30. The summed E-state index contributed by atoms with van der Waals surface area (Å²) in [6.45, 7) is 4.86. The minimum absolute atomic E-state index is 0. The Morgan fingerprint density at radius 1 is 1.20 bits per heavy atom. The van der Waals surface area contributed by atoms with Gasteiger partial charge in [-0.1, -0.05) is 17.3 Å². The number of hydrogen-bond acceptors (Lipinski definition) is 5. The Labute approximate surface area is 190 Å². The highest BCUT2D eigenvalue weighted by atomic mass is 127. The van der Waals surface area contributed by atoms with Gasteiger partial charge in [0.25, 0.3) is 5.89 Å². The Hall–Kier alpha value is -2.63. The Kier molecular flexibility index (Phi) is 9.09. The van der Waals surface area contributed by atoms with E-state index in [1.807, 2.05) is 26.0 Å². The van der Waals surface area contributed by atoms with Crippen molar-refractivity contribution in [3.05, 3.63) is 65.6 Å². The van der Waals surface area contributed by atoms with E-state index in [2.05, 4.69) is 30.8 Å². The van der Waals surface area contributed by atoms with E-state index in [9.17, 15) is 8.78 Å². The first-order valence-electron chi connectivity index (χ1n) is 9.30. The molecule has 0 radical (unpaired) electrons. The first kappa shape index (κ1) is 23.6. The monoisotopic (exact) mass is 528 g/mol. The number of pyridine rings is 1. The molecule has 160 valence electrons. The van der Waals surface area contributed by atoms with Gasteiger partial charge in [-0.15, -0.1) is 24.0 Å². The highest BCUT2D eigenvalue weighted by Crippen LogP contribution is 2.16. The van der Waals surface area contributed by atoms with Gasteiger partial charge in [0.2, 0.25) is 0 Å². The summed E-state index contributed by atoms with van der Waals surface area (Å²) in [5, 5.41) is 10.2. The van der Waals surface area contributed by atoms with E-state index in [-0.39, 0.29) is 30.0 Å². The Morgan fingerprint density at radius 3 is 2.73 bits per heavy atom. The van der Waals surface area contributed by atoms with E-state index >= 15 is 0 Å². The second-order valence-corrected chi connectivity index (χ2v) is 6.28. The minimum atomic E-state index is -0.876. The molecule has 0 saturated carbocycles. The van der Waals surface area contributed by atoms with E-state index in [4.69, 9.17) is 4.52 Å². The van der Waals surface area contributed by atoms with Crippen molar-refractivity contribution in [1.29, 1.82) is 0 Å². The lowest BCUT2D eigenvalue weighted by molar-refractivity contribution is 0.421. The fourth-order valence-corrected chi connectivity index (χ4v) is 2.61. The van der Waals surface area contributed by atoms with E-state index in [1.165, 1.54) is 12.1 Å². The van der Waals surface area contributed by atoms with Crippen LogP contribution in [0.3, 0.4) is 0 Å². The summed E-state index contributed by atoms with van der Waals surface area (Å²) in [5.74, 6) is -0.302. The van der Waals surface area contributed by atoms with Crippen molar-refractivity contribution >= 4 is 29.9 Å². The molecule has 2 heterocycles. The average Bonchev–Trinajstić information content (AvgIpc) is 3.20. The first-order chi connectivity index (χ1) is 14.1. The lowest BCUT2D eigenvalue weighted by Gasteiger charge is -2.18. The van der Waals surface area contributed by atoms with Gasteiger partial charge < -0.3 is 15.2 Å². The summed E-state index contributed by atoms with van der Waals surface area (Å²) < 4.78 is 31.8. The zero-order valence-electron chi connectivity index (χ0n) is 16.6. The predicted octanol–water partition coefficient (Wildman–Crippen LogP) is 3.89. The molecule has 0 saturated heterocycles. The molecule has 0 aliphatic rings. The number of aliphatic imine (C=N–C) groups is 1. The second kappa shape index (κ2) is 11.5. The smallest absolute Gasteiger partial charge is 0.276 e. The normalized spacial score (nSPS) is 12.2. The van der Waals surface area contributed by atoms with Crippen LogP contribution in [-0.2, 0) is 6.42 Å². The highest BCUT2D eigenvalue weighted by Gasteiger charge is 2.12. The van der Waals surface area contributed by atoms with Gasteiger partial charge in [0.05, 0.1) is 6.04 Å². The number of benzene rings is 1. The van der Waals surface area contributed by atoms with Gasteiger partial charge in [-0.05, 0) is 43.7 Å². The van der Waals surface area contributed by atoms with Gasteiger partial charge in [-0.3, -0.25) is 9.98 Å². The molecule has 30 heavy (non-hydrogen) atoms. The lowest BCUT2D eigenvalue weighted by Crippen LogP contribution is -2.39. The van der Waals surface area contributed by atoms with E-state index in [0.717, 1.165) is 6.07 Å². The SMILES string of the molecule is CCNC(=NCCc1noc(-c2ccccn2)n1)NC(C)c1ccc(F)c(F)c1.I. The van der Waals surface area contributed by atoms with Crippen molar-refractivity contribution in [3.63, 3.8) is 0 Å². The van der Waals surface area contributed by atoms with Gasteiger partial charge in [-0.25, -0.2) is 8.78 Å². The number of nitrogens with one attached hydrogen (secondary N) is 2. The Bertz CT molecular complexity index is 967. The molecule has 1 atom stereocenters. The molecule has 0 aliphatic heterocycles. The third kappa shape index (κ3) is 6.44. The number of aromatic nitrogens is 3. The van der Waals surface area contributed by atoms with Crippen LogP contribution in [0.25, 0.3) is 11.6 Å². The van der Waals surface area contributed by atoms with Crippen LogP contribution in [-0.4, -0.2) is 34.2 Å². The molecule has 1 aromatic carbocycles.